The van der Waals surface area contributed by atoms with Gasteiger partial charge in [-0.25, -0.2) is 4.79 Å². The van der Waals surface area contributed by atoms with E-state index in [4.69, 9.17) is 4.74 Å². The van der Waals surface area contributed by atoms with Crippen LogP contribution in [0.3, 0.4) is 0 Å². The van der Waals surface area contributed by atoms with Crippen molar-refractivity contribution in [3.05, 3.63) is 0 Å². The Labute approximate surface area is 154 Å². The van der Waals surface area contributed by atoms with Gasteiger partial charge in [-0.3, -0.25) is 4.99 Å². The van der Waals surface area contributed by atoms with Crippen LogP contribution in [0.2, 0.25) is 0 Å². The summed E-state index contributed by atoms with van der Waals surface area (Å²) in [4.78, 5) is 18.2. The molecule has 0 bridgehead atoms. The third kappa shape index (κ3) is 13.5. The molecule has 148 valence electrons. The van der Waals surface area contributed by atoms with Crippen LogP contribution in [0.5, 0.6) is 0 Å². The molecule has 0 aliphatic carbocycles. The fourth-order valence-corrected chi connectivity index (χ4v) is 2.32. The first-order valence-electron chi connectivity index (χ1n) is 9.38. The van der Waals surface area contributed by atoms with Gasteiger partial charge in [0.1, 0.15) is 5.60 Å². The first-order valence-corrected chi connectivity index (χ1v) is 9.38. The highest BCUT2D eigenvalue weighted by atomic mass is 16.6. The van der Waals surface area contributed by atoms with Crippen molar-refractivity contribution >= 4 is 12.1 Å². The Morgan fingerprint density at radius 2 is 1.76 bits per heavy atom. The molecule has 25 heavy (non-hydrogen) atoms. The summed E-state index contributed by atoms with van der Waals surface area (Å²) in [6.07, 6.45) is 1.85. The summed E-state index contributed by atoms with van der Waals surface area (Å²) in [7, 11) is 1.75. The highest BCUT2D eigenvalue weighted by molar-refractivity contribution is 5.80. The molecule has 1 atom stereocenters. The van der Waals surface area contributed by atoms with Gasteiger partial charge in [0.15, 0.2) is 5.96 Å². The van der Waals surface area contributed by atoms with Crippen LogP contribution in [0.1, 0.15) is 54.4 Å². The first kappa shape index (κ1) is 23.5. The molecule has 0 aliphatic heterocycles. The summed E-state index contributed by atoms with van der Waals surface area (Å²) in [5.41, 5.74) is -0.477. The SMILES string of the molecule is CCN(CC)CCCC(C)NC(=NC)NCCNC(=O)OC(C)(C)C. The minimum Gasteiger partial charge on any atom is -0.444 e. The lowest BCUT2D eigenvalue weighted by Crippen LogP contribution is -2.45. The zero-order chi connectivity index (χ0) is 19.3. The first-order chi connectivity index (χ1) is 11.7. The molecule has 0 aromatic heterocycles. The predicted molar refractivity (Wildman–Crippen MR) is 105 cm³/mol. The van der Waals surface area contributed by atoms with E-state index in [-0.39, 0.29) is 0 Å². The van der Waals surface area contributed by atoms with Gasteiger partial charge in [0.05, 0.1) is 0 Å². The van der Waals surface area contributed by atoms with Gasteiger partial charge in [-0.2, -0.15) is 0 Å². The average molecular weight is 358 g/mol. The molecular formula is C18H39N5O2. The molecule has 7 heteroatoms. The van der Waals surface area contributed by atoms with E-state index in [1.54, 1.807) is 7.05 Å². The van der Waals surface area contributed by atoms with Gasteiger partial charge >= 0.3 is 6.09 Å². The summed E-state index contributed by atoms with van der Waals surface area (Å²) in [6.45, 7) is 16.5. The number of nitrogens with zero attached hydrogens (tertiary/aromatic N) is 2. The molecule has 0 fully saturated rings. The standard InChI is InChI=1S/C18H39N5O2/c1-8-23(9-2)14-10-11-15(3)22-16(19-7)20-12-13-21-17(24)25-18(4,5)6/h15H,8-14H2,1-7H3,(H,21,24)(H2,19,20,22). The molecule has 0 heterocycles. The van der Waals surface area contributed by atoms with E-state index in [0.717, 1.165) is 38.4 Å². The van der Waals surface area contributed by atoms with Gasteiger partial charge in [0.2, 0.25) is 0 Å². The number of alkyl carbamates (subject to hydrolysis) is 1. The lowest BCUT2D eigenvalue weighted by Gasteiger charge is -2.21. The van der Waals surface area contributed by atoms with E-state index >= 15 is 0 Å². The van der Waals surface area contributed by atoms with Crippen LogP contribution in [0.15, 0.2) is 4.99 Å². The lowest BCUT2D eigenvalue weighted by molar-refractivity contribution is 0.0529. The van der Waals surface area contributed by atoms with Crippen molar-refractivity contribution in [2.24, 2.45) is 4.99 Å². The number of carbonyl (C=O) groups excluding carboxylic acids is 1. The average Bonchev–Trinajstić information content (AvgIpc) is 2.52. The number of aliphatic imine (C=N–C) groups is 1. The van der Waals surface area contributed by atoms with Gasteiger partial charge in [-0.1, -0.05) is 13.8 Å². The Balaban J connectivity index is 3.93. The number of rotatable bonds is 10. The molecule has 1 amide bonds. The minimum absolute atomic E-state index is 0.348. The van der Waals surface area contributed by atoms with Gasteiger partial charge in [0, 0.05) is 26.2 Å². The molecule has 0 aromatic rings. The molecule has 3 N–H and O–H groups in total. The topological polar surface area (TPSA) is 78.0 Å². The Kier molecular flexibility index (Phi) is 12.0. The summed E-state index contributed by atoms with van der Waals surface area (Å²) in [5, 5.41) is 9.30. The highest BCUT2D eigenvalue weighted by Gasteiger charge is 2.15. The van der Waals surface area contributed by atoms with Crippen LogP contribution in [0, 0.1) is 0 Å². The maximum absolute atomic E-state index is 11.6. The number of hydrogen-bond acceptors (Lipinski definition) is 4. The van der Waals surface area contributed by atoms with Crippen molar-refractivity contribution in [3.8, 4) is 0 Å². The van der Waals surface area contributed by atoms with Crippen LogP contribution in [-0.2, 0) is 4.74 Å². The number of nitrogens with one attached hydrogen (secondary N) is 3. The van der Waals surface area contributed by atoms with Crippen LogP contribution in [0.4, 0.5) is 4.79 Å². The van der Waals surface area contributed by atoms with Crippen molar-refractivity contribution in [3.63, 3.8) is 0 Å². The Hall–Kier alpha value is -1.50. The maximum atomic E-state index is 11.6. The van der Waals surface area contributed by atoms with Crippen LogP contribution in [0.25, 0.3) is 0 Å². The van der Waals surface area contributed by atoms with E-state index in [0.29, 0.717) is 19.1 Å². The molecule has 0 aromatic carbocycles. The van der Waals surface area contributed by atoms with E-state index in [1.807, 2.05) is 20.8 Å². The Morgan fingerprint density at radius 3 is 2.28 bits per heavy atom. The van der Waals surface area contributed by atoms with E-state index in [1.165, 1.54) is 0 Å². The van der Waals surface area contributed by atoms with Crippen molar-refractivity contribution in [1.82, 2.24) is 20.9 Å². The molecule has 0 rings (SSSR count). The van der Waals surface area contributed by atoms with E-state index < -0.39 is 11.7 Å². The number of guanidine groups is 1. The number of hydrogen-bond donors (Lipinski definition) is 3. The largest absolute Gasteiger partial charge is 0.444 e. The number of carbonyl (C=O) groups is 1. The monoisotopic (exact) mass is 357 g/mol. The summed E-state index contributed by atoms with van der Waals surface area (Å²) in [6, 6.07) is 0.348. The smallest absolute Gasteiger partial charge is 0.407 e. The minimum atomic E-state index is -0.477. The number of ether oxygens (including phenoxy) is 1. The molecule has 0 saturated heterocycles. The zero-order valence-corrected chi connectivity index (χ0v) is 17.2. The molecule has 1 unspecified atom stereocenters. The quantitative estimate of drug-likeness (QED) is 0.317. The van der Waals surface area contributed by atoms with Crippen LogP contribution >= 0.6 is 0 Å². The number of amides is 1. The van der Waals surface area contributed by atoms with E-state index in [2.05, 4.69) is 46.6 Å². The van der Waals surface area contributed by atoms with E-state index in [9.17, 15) is 4.79 Å². The van der Waals surface area contributed by atoms with Gasteiger partial charge in [0.25, 0.3) is 0 Å². The van der Waals surface area contributed by atoms with Crippen LogP contribution < -0.4 is 16.0 Å². The summed E-state index contributed by atoms with van der Waals surface area (Å²) < 4.78 is 5.19. The second-order valence-corrected chi connectivity index (χ2v) is 7.14. The molecule has 0 radical (unpaired) electrons. The van der Waals surface area contributed by atoms with Crippen LogP contribution in [-0.4, -0.2) is 68.4 Å². The van der Waals surface area contributed by atoms with Gasteiger partial charge in [-0.15, -0.1) is 0 Å². The van der Waals surface area contributed by atoms with Gasteiger partial charge < -0.3 is 25.6 Å². The predicted octanol–water partition coefficient (Wildman–Crippen LogP) is 2.19. The molecular weight excluding hydrogens is 318 g/mol. The molecule has 0 spiro atoms. The fraction of sp³-hybridized carbons (Fsp3) is 0.889. The molecule has 0 saturated carbocycles. The normalized spacial score (nSPS) is 13.5. The van der Waals surface area contributed by atoms with Gasteiger partial charge in [-0.05, 0) is 60.2 Å². The Morgan fingerprint density at radius 1 is 1.16 bits per heavy atom. The van der Waals surface area contributed by atoms with Crippen molar-refractivity contribution in [1.29, 1.82) is 0 Å². The second kappa shape index (κ2) is 12.8. The Bertz CT molecular complexity index is 389. The second-order valence-electron chi connectivity index (χ2n) is 7.14. The van der Waals surface area contributed by atoms with Crippen molar-refractivity contribution in [2.45, 2.75) is 66.0 Å². The summed E-state index contributed by atoms with van der Waals surface area (Å²) in [5.74, 6) is 0.751. The lowest BCUT2D eigenvalue weighted by atomic mass is 10.2. The summed E-state index contributed by atoms with van der Waals surface area (Å²) >= 11 is 0. The van der Waals surface area contributed by atoms with Crippen molar-refractivity contribution in [2.75, 3.05) is 39.8 Å². The third-order valence-electron chi connectivity index (χ3n) is 3.70. The zero-order valence-electron chi connectivity index (χ0n) is 17.2. The van der Waals surface area contributed by atoms with Crippen molar-refractivity contribution < 1.29 is 9.53 Å². The third-order valence-corrected chi connectivity index (χ3v) is 3.70. The molecule has 7 nitrogen and oxygen atoms in total. The maximum Gasteiger partial charge on any atom is 0.407 e. The molecule has 0 aliphatic rings. The fourth-order valence-electron chi connectivity index (χ4n) is 2.32. The highest BCUT2D eigenvalue weighted by Crippen LogP contribution is 2.06.